The first-order chi connectivity index (χ1) is 7.02. The molecule has 0 aliphatic heterocycles. The van der Waals surface area contributed by atoms with Gasteiger partial charge in [0.25, 0.3) is 0 Å². The molecule has 0 aromatic rings. The summed E-state index contributed by atoms with van der Waals surface area (Å²) in [6.45, 7) is 7.33. The molecule has 2 saturated carbocycles. The molecule has 2 fully saturated rings. The van der Waals surface area contributed by atoms with Gasteiger partial charge in [-0.1, -0.05) is 46.5 Å². The van der Waals surface area contributed by atoms with E-state index in [2.05, 4.69) is 20.8 Å². The molecular weight excluding hydrogens is 180 g/mol. The van der Waals surface area contributed by atoms with Gasteiger partial charge in [0, 0.05) is 0 Å². The van der Waals surface area contributed by atoms with Crippen molar-refractivity contribution in [2.24, 2.45) is 16.7 Å². The predicted molar refractivity (Wildman–Crippen MR) is 66.9 cm³/mol. The summed E-state index contributed by atoms with van der Waals surface area (Å²) in [7, 11) is 0. The first-order valence-electron chi connectivity index (χ1n) is 7.02. The van der Waals surface area contributed by atoms with E-state index in [0.29, 0.717) is 5.41 Å². The lowest BCUT2D eigenvalue weighted by atomic mass is 9.58. The Morgan fingerprint density at radius 2 is 1.47 bits per heavy atom. The predicted octanol–water partition coefficient (Wildman–Crippen LogP) is 5.17. The van der Waals surface area contributed by atoms with Gasteiger partial charge in [-0.25, -0.2) is 0 Å². The summed E-state index contributed by atoms with van der Waals surface area (Å²) < 4.78 is 0. The molecular formula is C15H28. The standard InChI is InChI=1S/C15H28/c1-14(2,3)13-8-7-11-15(12-13)9-5-4-6-10-15/h13H,4-12H2,1-3H3. The van der Waals surface area contributed by atoms with Crippen LogP contribution in [0.2, 0.25) is 0 Å². The van der Waals surface area contributed by atoms with Gasteiger partial charge in [-0.3, -0.25) is 0 Å². The van der Waals surface area contributed by atoms with Crippen LogP contribution in [0.25, 0.3) is 0 Å². The maximum Gasteiger partial charge on any atom is -0.0295 e. The Balaban J connectivity index is 2.02. The quantitative estimate of drug-likeness (QED) is 0.515. The second kappa shape index (κ2) is 4.11. The monoisotopic (exact) mass is 208 g/mol. The van der Waals surface area contributed by atoms with Gasteiger partial charge in [-0.15, -0.1) is 0 Å². The molecule has 0 radical (unpaired) electrons. The lowest BCUT2D eigenvalue weighted by molar-refractivity contribution is 0.0410. The van der Waals surface area contributed by atoms with Crippen molar-refractivity contribution in [3.8, 4) is 0 Å². The Bertz CT molecular complexity index is 197. The lowest BCUT2D eigenvalue weighted by Gasteiger charge is -2.47. The Kier molecular flexibility index (Phi) is 3.14. The van der Waals surface area contributed by atoms with E-state index in [9.17, 15) is 0 Å². The number of hydrogen-bond acceptors (Lipinski definition) is 0. The summed E-state index contributed by atoms with van der Waals surface area (Å²) in [5, 5.41) is 0. The second-order valence-corrected chi connectivity index (χ2v) is 7.22. The van der Waals surface area contributed by atoms with Crippen LogP contribution in [0, 0.1) is 16.7 Å². The van der Waals surface area contributed by atoms with E-state index in [4.69, 9.17) is 0 Å². The average Bonchev–Trinajstić information content (AvgIpc) is 2.18. The highest BCUT2D eigenvalue weighted by molar-refractivity contribution is 4.91. The van der Waals surface area contributed by atoms with Gasteiger partial charge < -0.3 is 0 Å². The highest BCUT2D eigenvalue weighted by Gasteiger charge is 2.40. The summed E-state index contributed by atoms with van der Waals surface area (Å²) >= 11 is 0. The van der Waals surface area contributed by atoms with Crippen molar-refractivity contribution in [2.75, 3.05) is 0 Å². The van der Waals surface area contributed by atoms with E-state index < -0.39 is 0 Å². The summed E-state index contributed by atoms with van der Waals surface area (Å²) in [4.78, 5) is 0. The maximum absolute atomic E-state index is 2.44. The van der Waals surface area contributed by atoms with Crippen LogP contribution in [0.5, 0.6) is 0 Å². The molecule has 2 rings (SSSR count). The van der Waals surface area contributed by atoms with Crippen LogP contribution in [0.4, 0.5) is 0 Å². The molecule has 0 saturated heterocycles. The van der Waals surface area contributed by atoms with Gasteiger partial charge in [0.1, 0.15) is 0 Å². The van der Waals surface area contributed by atoms with Crippen molar-refractivity contribution in [3.05, 3.63) is 0 Å². The topological polar surface area (TPSA) is 0 Å². The van der Waals surface area contributed by atoms with Gasteiger partial charge >= 0.3 is 0 Å². The fourth-order valence-electron chi connectivity index (χ4n) is 3.95. The summed E-state index contributed by atoms with van der Waals surface area (Å²) in [5.41, 5.74) is 1.33. The Labute approximate surface area is 95.8 Å². The van der Waals surface area contributed by atoms with Crippen molar-refractivity contribution in [1.82, 2.24) is 0 Å². The molecule has 1 spiro atoms. The number of hydrogen-bond donors (Lipinski definition) is 0. The third kappa shape index (κ3) is 2.57. The minimum absolute atomic E-state index is 0.546. The zero-order valence-corrected chi connectivity index (χ0v) is 10.9. The largest absolute Gasteiger partial charge is 0.0599 e. The fourth-order valence-corrected chi connectivity index (χ4v) is 3.95. The van der Waals surface area contributed by atoms with Gasteiger partial charge in [0.05, 0.1) is 0 Å². The molecule has 1 unspecified atom stereocenters. The minimum Gasteiger partial charge on any atom is -0.0599 e. The zero-order valence-electron chi connectivity index (χ0n) is 10.9. The average molecular weight is 208 g/mol. The molecule has 88 valence electrons. The molecule has 0 amide bonds. The maximum atomic E-state index is 2.44. The first-order valence-corrected chi connectivity index (χ1v) is 7.02. The highest BCUT2D eigenvalue weighted by atomic mass is 14.5. The fraction of sp³-hybridized carbons (Fsp3) is 1.00. The molecule has 0 aromatic heterocycles. The van der Waals surface area contributed by atoms with Crippen LogP contribution in [0.1, 0.15) is 78.6 Å². The summed E-state index contributed by atoms with van der Waals surface area (Å²) in [5.74, 6) is 0.990. The smallest absolute Gasteiger partial charge is 0.0295 e. The van der Waals surface area contributed by atoms with E-state index in [1.165, 1.54) is 38.5 Å². The summed E-state index contributed by atoms with van der Waals surface area (Å²) in [6.07, 6.45) is 13.7. The normalized spacial score (nSPS) is 31.8. The molecule has 15 heavy (non-hydrogen) atoms. The van der Waals surface area contributed by atoms with Gasteiger partial charge in [-0.2, -0.15) is 0 Å². The van der Waals surface area contributed by atoms with E-state index in [1.807, 2.05) is 0 Å². The Morgan fingerprint density at radius 1 is 0.867 bits per heavy atom. The molecule has 2 aliphatic carbocycles. The van der Waals surface area contributed by atoms with Crippen molar-refractivity contribution >= 4 is 0 Å². The molecule has 0 heteroatoms. The third-order valence-electron chi connectivity index (χ3n) is 5.08. The van der Waals surface area contributed by atoms with Crippen LogP contribution in [-0.2, 0) is 0 Å². The van der Waals surface area contributed by atoms with Crippen molar-refractivity contribution in [1.29, 1.82) is 0 Å². The van der Waals surface area contributed by atoms with Crippen LogP contribution in [-0.4, -0.2) is 0 Å². The molecule has 1 atom stereocenters. The van der Waals surface area contributed by atoms with E-state index in [-0.39, 0.29) is 0 Å². The first kappa shape index (κ1) is 11.5. The summed E-state index contributed by atoms with van der Waals surface area (Å²) in [6, 6.07) is 0. The second-order valence-electron chi connectivity index (χ2n) is 7.22. The van der Waals surface area contributed by atoms with Crippen molar-refractivity contribution < 1.29 is 0 Å². The minimum atomic E-state index is 0.546. The van der Waals surface area contributed by atoms with Crippen molar-refractivity contribution in [3.63, 3.8) is 0 Å². The molecule has 0 bridgehead atoms. The van der Waals surface area contributed by atoms with Gasteiger partial charge in [-0.05, 0) is 48.9 Å². The van der Waals surface area contributed by atoms with E-state index in [0.717, 1.165) is 11.3 Å². The Hall–Kier alpha value is 0. The molecule has 0 N–H and O–H groups in total. The zero-order chi connectivity index (χ0) is 10.9. The SMILES string of the molecule is CC(C)(C)C1CCCC2(CCCCC2)C1. The van der Waals surface area contributed by atoms with Crippen LogP contribution in [0.3, 0.4) is 0 Å². The molecule has 2 aliphatic rings. The molecule has 0 nitrogen and oxygen atoms in total. The van der Waals surface area contributed by atoms with E-state index in [1.54, 1.807) is 19.3 Å². The molecule has 0 heterocycles. The van der Waals surface area contributed by atoms with Gasteiger partial charge in [0.2, 0.25) is 0 Å². The number of rotatable bonds is 0. The third-order valence-corrected chi connectivity index (χ3v) is 5.08. The van der Waals surface area contributed by atoms with Gasteiger partial charge in [0.15, 0.2) is 0 Å². The lowest BCUT2D eigenvalue weighted by Crippen LogP contribution is -2.35. The highest BCUT2D eigenvalue weighted by Crippen LogP contribution is 2.52. The van der Waals surface area contributed by atoms with Crippen molar-refractivity contribution in [2.45, 2.75) is 78.6 Å². The van der Waals surface area contributed by atoms with Crippen LogP contribution >= 0.6 is 0 Å². The van der Waals surface area contributed by atoms with Crippen LogP contribution < -0.4 is 0 Å². The molecule has 0 aromatic carbocycles. The van der Waals surface area contributed by atoms with Crippen LogP contribution in [0.15, 0.2) is 0 Å². The Morgan fingerprint density at radius 3 is 2.07 bits per heavy atom. The van der Waals surface area contributed by atoms with E-state index >= 15 is 0 Å².